The Bertz CT molecular complexity index is 567. The van der Waals surface area contributed by atoms with Crippen molar-refractivity contribution in [2.24, 2.45) is 0 Å². The molecule has 1 aromatic carbocycles. The lowest BCUT2D eigenvalue weighted by Crippen LogP contribution is -1.91. The first-order valence-electron chi connectivity index (χ1n) is 6.01. The molecule has 17 heavy (non-hydrogen) atoms. The second kappa shape index (κ2) is 4.17. The molecule has 1 heterocycles. The van der Waals surface area contributed by atoms with E-state index >= 15 is 0 Å². The minimum absolute atomic E-state index is 1.01. The molecule has 2 aromatic rings. The van der Waals surface area contributed by atoms with Crippen LogP contribution in [0.1, 0.15) is 22.3 Å². The Hall–Kier alpha value is -1.89. The van der Waals surface area contributed by atoms with Gasteiger partial charge in [0.05, 0.1) is 0 Å². The minimum Gasteiger partial charge on any atom is -0.265 e. The van der Waals surface area contributed by atoms with Crippen LogP contribution in [0, 0.1) is 6.92 Å². The van der Waals surface area contributed by atoms with Crippen molar-refractivity contribution in [2.45, 2.75) is 19.8 Å². The second-order valence-corrected chi connectivity index (χ2v) is 4.63. The summed E-state index contributed by atoms with van der Waals surface area (Å²) >= 11 is 0. The zero-order valence-corrected chi connectivity index (χ0v) is 9.98. The average Bonchev–Trinajstić information content (AvgIpc) is 2.73. The maximum atomic E-state index is 4.06. The zero-order chi connectivity index (χ0) is 11.7. The number of hydrogen-bond acceptors (Lipinski definition) is 1. The zero-order valence-electron chi connectivity index (χ0n) is 9.98. The van der Waals surface area contributed by atoms with E-state index in [1.165, 1.54) is 27.8 Å². The number of fused-ring (bicyclic) bond motifs is 1. The molecule has 0 fully saturated rings. The van der Waals surface area contributed by atoms with Crippen molar-refractivity contribution in [1.82, 2.24) is 4.98 Å². The van der Waals surface area contributed by atoms with Crippen molar-refractivity contribution in [1.29, 1.82) is 0 Å². The van der Waals surface area contributed by atoms with Crippen LogP contribution in [-0.2, 0) is 12.8 Å². The lowest BCUT2D eigenvalue weighted by atomic mass is 9.98. The van der Waals surface area contributed by atoms with Gasteiger partial charge in [-0.1, -0.05) is 29.8 Å². The fourth-order valence-electron chi connectivity index (χ4n) is 2.40. The first-order chi connectivity index (χ1) is 8.33. The molecule has 0 saturated carbocycles. The van der Waals surface area contributed by atoms with Crippen LogP contribution < -0.4 is 0 Å². The largest absolute Gasteiger partial charge is 0.265 e. The topological polar surface area (TPSA) is 12.9 Å². The highest BCUT2D eigenvalue weighted by molar-refractivity contribution is 5.75. The van der Waals surface area contributed by atoms with E-state index in [1.54, 1.807) is 0 Å². The van der Waals surface area contributed by atoms with Gasteiger partial charge in [-0.25, -0.2) is 0 Å². The molecule has 84 valence electrons. The lowest BCUT2D eigenvalue weighted by Gasteiger charge is -2.07. The number of allylic oxidation sites excluding steroid dienone is 2. The van der Waals surface area contributed by atoms with Crippen LogP contribution in [-0.4, -0.2) is 4.98 Å². The monoisotopic (exact) mass is 221 g/mol. The third kappa shape index (κ3) is 2.01. The van der Waals surface area contributed by atoms with Crippen LogP contribution in [0.25, 0.3) is 5.57 Å². The van der Waals surface area contributed by atoms with E-state index in [0.29, 0.717) is 0 Å². The van der Waals surface area contributed by atoms with Crippen LogP contribution in [0.5, 0.6) is 0 Å². The molecule has 1 heteroatoms. The second-order valence-electron chi connectivity index (χ2n) is 4.63. The third-order valence-electron chi connectivity index (χ3n) is 3.32. The van der Waals surface area contributed by atoms with E-state index in [1.807, 2.05) is 12.4 Å². The quantitative estimate of drug-likeness (QED) is 0.755. The first kappa shape index (κ1) is 10.3. The molecule has 0 aliphatic heterocycles. The van der Waals surface area contributed by atoms with Gasteiger partial charge in [0.2, 0.25) is 0 Å². The molecule has 1 nitrogen and oxygen atoms in total. The Morgan fingerprint density at radius 1 is 1.12 bits per heavy atom. The van der Waals surface area contributed by atoms with E-state index in [-0.39, 0.29) is 0 Å². The lowest BCUT2D eigenvalue weighted by molar-refractivity contribution is 1.22. The van der Waals surface area contributed by atoms with Gasteiger partial charge < -0.3 is 0 Å². The van der Waals surface area contributed by atoms with Crippen molar-refractivity contribution >= 4 is 5.57 Å². The molecule has 0 N–H and O–H groups in total. The molecular weight excluding hydrogens is 206 g/mol. The van der Waals surface area contributed by atoms with E-state index in [4.69, 9.17) is 0 Å². The summed E-state index contributed by atoms with van der Waals surface area (Å²) in [7, 11) is 0. The highest BCUT2D eigenvalue weighted by Crippen LogP contribution is 2.30. The van der Waals surface area contributed by atoms with E-state index in [9.17, 15) is 0 Å². The molecule has 1 aliphatic carbocycles. The standard InChI is InChI=1S/C16H15N/c1-12-2-3-14-4-5-15(16(14)10-12)11-13-6-8-17-9-7-13/h2-3,5-10H,4,11H2,1H3. The number of nitrogens with zero attached hydrogens (tertiary/aromatic N) is 1. The van der Waals surface area contributed by atoms with Crippen LogP contribution in [0.4, 0.5) is 0 Å². The number of aromatic nitrogens is 1. The van der Waals surface area contributed by atoms with E-state index in [2.05, 4.69) is 48.3 Å². The van der Waals surface area contributed by atoms with Crippen molar-refractivity contribution < 1.29 is 0 Å². The average molecular weight is 221 g/mol. The summed E-state index contributed by atoms with van der Waals surface area (Å²) in [6, 6.07) is 10.9. The molecule has 0 atom stereocenters. The fraction of sp³-hybridized carbons (Fsp3) is 0.188. The molecule has 1 aliphatic rings. The van der Waals surface area contributed by atoms with Gasteiger partial charge in [-0.3, -0.25) is 4.98 Å². The molecule has 3 rings (SSSR count). The molecule has 0 bridgehead atoms. The Labute approximate surface area is 102 Å². The van der Waals surface area contributed by atoms with Crippen LogP contribution in [0.2, 0.25) is 0 Å². The molecule has 0 amide bonds. The van der Waals surface area contributed by atoms with Crippen molar-refractivity contribution in [3.63, 3.8) is 0 Å². The van der Waals surface area contributed by atoms with Crippen molar-refractivity contribution in [3.8, 4) is 0 Å². The van der Waals surface area contributed by atoms with Gasteiger partial charge >= 0.3 is 0 Å². The summed E-state index contributed by atoms with van der Waals surface area (Å²) in [5.74, 6) is 0. The summed E-state index contributed by atoms with van der Waals surface area (Å²) in [5, 5.41) is 0. The van der Waals surface area contributed by atoms with E-state index < -0.39 is 0 Å². The molecule has 0 spiro atoms. The Morgan fingerprint density at radius 2 is 1.94 bits per heavy atom. The summed E-state index contributed by atoms with van der Waals surface area (Å²) < 4.78 is 0. The van der Waals surface area contributed by atoms with Crippen LogP contribution in [0.3, 0.4) is 0 Å². The van der Waals surface area contributed by atoms with Gasteiger partial charge in [0.15, 0.2) is 0 Å². The van der Waals surface area contributed by atoms with E-state index in [0.717, 1.165) is 12.8 Å². The van der Waals surface area contributed by atoms with Crippen molar-refractivity contribution in [3.05, 3.63) is 71.1 Å². The predicted octanol–water partition coefficient (Wildman–Crippen LogP) is 3.57. The van der Waals surface area contributed by atoms with Crippen molar-refractivity contribution in [2.75, 3.05) is 0 Å². The predicted molar refractivity (Wildman–Crippen MR) is 70.8 cm³/mol. The summed E-state index contributed by atoms with van der Waals surface area (Å²) in [5.41, 5.74) is 7.02. The minimum atomic E-state index is 1.01. The maximum Gasteiger partial charge on any atom is 0.0270 e. The molecule has 0 saturated heterocycles. The normalized spacial score (nSPS) is 13.4. The number of aryl methyl sites for hydroxylation is 1. The fourth-order valence-corrected chi connectivity index (χ4v) is 2.40. The highest BCUT2D eigenvalue weighted by atomic mass is 14.6. The molecule has 0 radical (unpaired) electrons. The van der Waals surface area contributed by atoms with Crippen LogP contribution >= 0.6 is 0 Å². The van der Waals surface area contributed by atoms with Gasteiger partial charge in [0.25, 0.3) is 0 Å². The van der Waals surface area contributed by atoms with Gasteiger partial charge in [-0.2, -0.15) is 0 Å². The van der Waals surface area contributed by atoms with Gasteiger partial charge in [-0.15, -0.1) is 0 Å². The third-order valence-corrected chi connectivity index (χ3v) is 3.32. The summed E-state index contributed by atoms with van der Waals surface area (Å²) in [6.45, 7) is 2.16. The van der Waals surface area contributed by atoms with Gasteiger partial charge in [-0.05, 0) is 54.2 Å². The number of benzene rings is 1. The number of hydrogen-bond donors (Lipinski definition) is 0. The Kier molecular flexibility index (Phi) is 2.52. The smallest absolute Gasteiger partial charge is 0.0270 e. The molecule has 0 unspecified atom stereocenters. The first-order valence-corrected chi connectivity index (χ1v) is 6.01. The highest BCUT2D eigenvalue weighted by Gasteiger charge is 2.13. The maximum absolute atomic E-state index is 4.06. The summed E-state index contributed by atoms with van der Waals surface area (Å²) in [4.78, 5) is 4.06. The van der Waals surface area contributed by atoms with Gasteiger partial charge in [0, 0.05) is 12.4 Å². The number of rotatable bonds is 2. The molecule has 1 aromatic heterocycles. The Morgan fingerprint density at radius 3 is 2.76 bits per heavy atom. The molecular formula is C16H15N. The number of pyridine rings is 1. The summed E-state index contributed by atoms with van der Waals surface area (Å²) in [6.07, 6.45) is 8.17. The van der Waals surface area contributed by atoms with Gasteiger partial charge in [0.1, 0.15) is 0 Å². The van der Waals surface area contributed by atoms with Crippen LogP contribution in [0.15, 0.2) is 48.8 Å². The Balaban J connectivity index is 1.91. The SMILES string of the molecule is Cc1ccc2c(c1)C(Cc1ccncc1)=CC2.